The summed E-state index contributed by atoms with van der Waals surface area (Å²) in [6.07, 6.45) is 9.06. The molecule has 4 heteroatoms. The van der Waals surface area contributed by atoms with Crippen LogP contribution in [0.2, 0.25) is 0 Å². The number of nitrogens with one attached hydrogen (secondary N) is 1. The van der Waals surface area contributed by atoms with E-state index in [9.17, 15) is 0 Å². The third-order valence-electron chi connectivity index (χ3n) is 3.67. The highest BCUT2D eigenvalue weighted by Gasteiger charge is 2.17. The predicted molar refractivity (Wildman–Crippen MR) is 82.3 cm³/mol. The summed E-state index contributed by atoms with van der Waals surface area (Å²) in [4.78, 5) is 4.36. The first-order chi connectivity index (χ1) is 8.24. The Morgan fingerprint density at radius 3 is 2.82 bits per heavy atom. The minimum absolute atomic E-state index is 0.941. The van der Waals surface area contributed by atoms with Crippen molar-refractivity contribution in [2.45, 2.75) is 45.6 Å². The first kappa shape index (κ1) is 13.7. The Hall–Kier alpha value is 0.320. The smallest absolute Gasteiger partial charge is 0.107 e. The molecule has 2 rings (SSSR count). The number of rotatable bonds is 5. The van der Waals surface area contributed by atoms with Crippen molar-refractivity contribution in [3.63, 3.8) is 0 Å². The lowest BCUT2D eigenvalue weighted by molar-refractivity contribution is 0.275. The average molecular weight is 364 g/mol. The van der Waals surface area contributed by atoms with Gasteiger partial charge in [0.1, 0.15) is 5.01 Å². The zero-order valence-corrected chi connectivity index (χ0v) is 13.4. The SMILES string of the molecule is CC1CCC(CCNCc2ncc(I)s2)CC1. The van der Waals surface area contributed by atoms with E-state index in [-0.39, 0.29) is 0 Å². The van der Waals surface area contributed by atoms with Crippen molar-refractivity contribution in [1.82, 2.24) is 10.3 Å². The number of aromatic nitrogens is 1. The first-order valence-electron chi connectivity index (χ1n) is 6.55. The second kappa shape index (κ2) is 7.04. The Morgan fingerprint density at radius 2 is 2.18 bits per heavy atom. The van der Waals surface area contributed by atoms with Gasteiger partial charge in [-0.3, -0.25) is 0 Å². The van der Waals surface area contributed by atoms with E-state index in [0.717, 1.165) is 24.9 Å². The molecule has 1 heterocycles. The van der Waals surface area contributed by atoms with E-state index in [0.29, 0.717) is 0 Å². The fourth-order valence-corrected chi connectivity index (χ4v) is 4.00. The Bertz CT molecular complexity index is 332. The quantitative estimate of drug-likeness (QED) is 0.630. The number of nitrogens with zero attached hydrogens (tertiary/aromatic N) is 1. The van der Waals surface area contributed by atoms with E-state index in [2.05, 4.69) is 39.8 Å². The van der Waals surface area contributed by atoms with E-state index in [4.69, 9.17) is 0 Å². The normalized spacial score (nSPS) is 25.1. The lowest BCUT2D eigenvalue weighted by Crippen LogP contribution is -2.20. The Morgan fingerprint density at radius 1 is 1.41 bits per heavy atom. The van der Waals surface area contributed by atoms with Crippen molar-refractivity contribution in [2.75, 3.05) is 6.54 Å². The van der Waals surface area contributed by atoms with Crippen LogP contribution in [0, 0.1) is 14.7 Å². The van der Waals surface area contributed by atoms with Crippen molar-refractivity contribution in [2.24, 2.45) is 11.8 Å². The zero-order chi connectivity index (χ0) is 12.1. The minimum Gasteiger partial charge on any atom is -0.310 e. The van der Waals surface area contributed by atoms with Crippen molar-refractivity contribution in [3.05, 3.63) is 14.1 Å². The topological polar surface area (TPSA) is 24.9 Å². The van der Waals surface area contributed by atoms with Crippen LogP contribution in [0.15, 0.2) is 6.20 Å². The lowest BCUT2D eigenvalue weighted by Gasteiger charge is -2.26. The molecule has 1 fully saturated rings. The third kappa shape index (κ3) is 4.83. The maximum Gasteiger partial charge on any atom is 0.107 e. The van der Waals surface area contributed by atoms with Gasteiger partial charge >= 0.3 is 0 Å². The van der Waals surface area contributed by atoms with E-state index in [1.54, 1.807) is 11.3 Å². The molecule has 96 valence electrons. The van der Waals surface area contributed by atoms with Crippen LogP contribution >= 0.6 is 33.9 Å². The third-order valence-corrected chi connectivity index (χ3v) is 5.39. The molecule has 1 aromatic heterocycles. The van der Waals surface area contributed by atoms with E-state index in [1.165, 1.54) is 40.0 Å². The van der Waals surface area contributed by atoms with Gasteiger partial charge in [-0.25, -0.2) is 4.98 Å². The van der Waals surface area contributed by atoms with Gasteiger partial charge in [-0.1, -0.05) is 32.6 Å². The molecule has 1 saturated carbocycles. The van der Waals surface area contributed by atoms with Crippen LogP contribution in [0.1, 0.15) is 44.0 Å². The standard InChI is InChI=1S/C13H21IN2S/c1-10-2-4-11(5-3-10)6-7-15-9-13-16-8-12(14)17-13/h8,10-11,15H,2-7,9H2,1H3. The molecule has 1 aliphatic rings. The Labute approximate surface area is 122 Å². The summed E-state index contributed by atoms with van der Waals surface area (Å²) >= 11 is 4.11. The minimum atomic E-state index is 0.941. The molecule has 0 atom stereocenters. The van der Waals surface area contributed by atoms with Crippen LogP contribution in [0.5, 0.6) is 0 Å². The fraction of sp³-hybridized carbons (Fsp3) is 0.769. The molecule has 1 aromatic rings. The molecular weight excluding hydrogens is 343 g/mol. The highest BCUT2D eigenvalue weighted by atomic mass is 127. The highest BCUT2D eigenvalue weighted by molar-refractivity contribution is 14.1. The van der Waals surface area contributed by atoms with Gasteiger partial charge in [0.25, 0.3) is 0 Å². The number of halogens is 1. The molecule has 0 aliphatic heterocycles. The van der Waals surface area contributed by atoms with Gasteiger partial charge in [0, 0.05) is 6.54 Å². The van der Waals surface area contributed by atoms with Gasteiger partial charge in [0.05, 0.1) is 9.08 Å². The van der Waals surface area contributed by atoms with E-state index >= 15 is 0 Å². The highest BCUT2D eigenvalue weighted by Crippen LogP contribution is 2.29. The summed E-state index contributed by atoms with van der Waals surface area (Å²) in [5.74, 6) is 1.94. The molecule has 0 spiro atoms. The molecule has 17 heavy (non-hydrogen) atoms. The lowest BCUT2D eigenvalue weighted by atomic mass is 9.81. The van der Waals surface area contributed by atoms with Crippen LogP contribution in [-0.2, 0) is 6.54 Å². The molecule has 2 nitrogen and oxygen atoms in total. The molecule has 0 aromatic carbocycles. The molecule has 0 radical (unpaired) electrons. The van der Waals surface area contributed by atoms with Gasteiger partial charge in [-0.2, -0.15) is 0 Å². The summed E-state index contributed by atoms with van der Waals surface area (Å²) in [6, 6.07) is 0. The van der Waals surface area contributed by atoms with Gasteiger partial charge < -0.3 is 5.32 Å². The van der Waals surface area contributed by atoms with Crippen molar-refractivity contribution in [1.29, 1.82) is 0 Å². The van der Waals surface area contributed by atoms with E-state index < -0.39 is 0 Å². The molecular formula is C13H21IN2S. The summed E-state index contributed by atoms with van der Waals surface area (Å²) in [7, 11) is 0. The summed E-state index contributed by atoms with van der Waals surface area (Å²) in [5, 5.41) is 4.73. The molecule has 0 unspecified atom stereocenters. The monoisotopic (exact) mass is 364 g/mol. The Balaban J connectivity index is 1.57. The van der Waals surface area contributed by atoms with E-state index in [1.807, 2.05) is 6.20 Å². The van der Waals surface area contributed by atoms with Crippen LogP contribution < -0.4 is 5.32 Å². The molecule has 0 bridgehead atoms. The van der Waals surface area contributed by atoms with Crippen molar-refractivity contribution in [3.8, 4) is 0 Å². The van der Waals surface area contributed by atoms with Crippen LogP contribution in [0.3, 0.4) is 0 Å². The predicted octanol–water partition coefficient (Wildman–Crippen LogP) is 4.05. The van der Waals surface area contributed by atoms with Gasteiger partial charge in [0.15, 0.2) is 0 Å². The summed E-state index contributed by atoms with van der Waals surface area (Å²) < 4.78 is 1.28. The number of hydrogen-bond acceptors (Lipinski definition) is 3. The van der Waals surface area contributed by atoms with Crippen molar-refractivity contribution < 1.29 is 0 Å². The average Bonchev–Trinajstić information content (AvgIpc) is 2.73. The molecule has 1 N–H and O–H groups in total. The summed E-state index contributed by atoms with van der Waals surface area (Å²) in [6.45, 7) is 4.48. The number of hydrogen-bond donors (Lipinski definition) is 1. The first-order valence-corrected chi connectivity index (χ1v) is 8.44. The van der Waals surface area contributed by atoms with Crippen LogP contribution in [0.4, 0.5) is 0 Å². The molecule has 0 amide bonds. The second-order valence-corrected chi connectivity index (χ2v) is 8.16. The maximum atomic E-state index is 4.36. The Kier molecular flexibility index (Phi) is 5.69. The van der Waals surface area contributed by atoms with Gasteiger partial charge in [-0.15, -0.1) is 11.3 Å². The van der Waals surface area contributed by atoms with Gasteiger partial charge in [0.2, 0.25) is 0 Å². The van der Waals surface area contributed by atoms with Gasteiger partial charge in [-0.05, 0) is 47.4 Å². The second-order valence-electron chi connectivity index (χ2n) is 5.15. The van der Waals surface area contributed by atoms with Crippen molar-refractivity contribution >= 4 is 33.9 Å². The van der Waals surface area contributed by atoms with Crippen LogP contribution in [-0.4, -0.2) is 11.5 Å². The molecule has 1 aliphatic carbocycles. The van der Waals surface area contributed by atoms with Crippen LogP contribution in [0.25, 0.3) is 0 Å². The number of thiazole rings is 1. The summed E-state index contributed by atoms with van der Waals surface area (Å²) in [5.41, 5.74) is 0. The maximum absolute atomic E-state index is 4.36. The zero-order valence-electron chi connectivity index (χ0n) is 10.4. The molecule has 0 saturated heterocycles. The largest absolute Gasteiger partial charge is 0.310 e. The fourth-order valence-electron chi connectivity index (χ4n) is 2.49.